The zero-order valence-electron chi connectivity index (χ0n) is 14.2. The Hall–Kier alpha value is -2.62. The Morgan fingerprint density at radius 1 is 0.958 bits per heavy atom. The summed E-state index contributed by atoms with van der Waals surface area (Å²) in [6.07, 6.45) is 0. The first-order valence-corrected chi connectivity index (χ1v) is 8.06. The van der Waals surface area contributed by atoms with E-state index in [4.69, 9.17) is 4.74 Å². The van der Waals surface area contributed by atoms with Crippen LogP contribution in [-0.4, -0.2) is 24.8 Å². The fourth-order valence-electron chi connectivity index (χ4n) is 2.78. The fraction of sp³-hybridized carbons (Fsp3) is 0.300. The molecule has 0 fully saturated rings. The number of para-hydroxylation sites is 1. The molecule has 0 aromatic heterocycles. The molecule has 1 aliphatic heterocycles. The van der Waals surface area contributed by atoms with E-state index in [1.165, 1.54) is 10.5 Å². The van der Waals surface area contributed by atoms with Crippen LogP contribution in [0.2, 0.25) is 0 Å². The third-order valence-corrected chi connectivity index (χ3v) is 4.18. The van der Waals surface area contributed by atoms with Crippen molar-refractivity contribution in [3.05, 3.63) is 59.7 Å². The number of fused-ring (bicyclic) bond motifs is 1. The van der Waals surface area contributed by atoms with Crippen molar-refractivity contribution in [3.63, 3.8) is 0 Å². The zero-order chi connectivity index (χ0) is 17.3. The molecule has 1 amide bonds. The highest BCUT2D eigenvalue weighted by Crippen LogP contribution is 2.28. The van der Waals surface area contributed by atoms with E-state index >= 15 is 0 Å². The normalized spacial score (nSPS) is 14.0. The van der Waals surface area contributed by atoms with E-state index in [0.717, 1.165) is 5.75 Å². The second-order valence-electron chi connectivity index (χ2n) is 6.93. The van der Waals surface area contributed by atoms with Crippen LogP contribution >= 0.6 is 0 Å². The van der Waals surface area contributed by atoms with Crippen molar-refractivity contribution < 1.29 is 14.3 Å². The molecule has 0 aliphatic carbocycles. The van der Waals surface area contributed by atoms with Gasteiger partial charge in [-0.1, -0.05) is 45.0 Å². The number of carbonyl (C=O) groups excluding carboxylic acids is 2. The SMILES string of the molecule is CC(C)(C)c1ccc(OCCN2C(=O)C(=O)c3ccccc32)cc1. The summed E-state index contributed by atoms with van der Waals surface area (Å²) in [7, 11) is 0. The van der Waals surface area contributed by atoms with Crippen LogP contribution in [0.15, 0.2) is 48.5 Å². The van der Waals surface area contributed by atoms with E-state index in [-0.39, 0.29) is 5.41 Å². The van der Waals surface area contributed by atoms with Crippen molar-refractivity contribution in [1.29, 1.82) is 0 Å². The first-order valence-electron chi connectivity index (χ1n) is 8.06. The molecule has 0 saturated heterocycles. The minimum atomic E-state index is -0.483. The summed E-state index contributed by atoms with van der Waals surface area (Å²) in [6, 6.07) is 15.0. The number of ketones is 1. The van der Waals surface area contributed by atoms with Crippen molar-refractivity contribution in [3.8, 4) is 5.75 Å². The van der Waals surface area contributed by atoms with Crippen LogP contribution in [0.3, 0.4) is 0 Å². The maximum Gasteiger partial charge on any atom is 0.299 e. The van der Waals surface area contributed by atoms with Crippen molar-refractivity contribution in [2.24, 2.45) is 0 Å². The second kappa shape index (κ2) is 6.11. The molecule has 1 heterocycles. The number of Topliss-reactive ketones (excluding diaryl/α,β-unsaturated/α-hetero) is 1. The number of anilines is 1. The first-order chi connectivity index (χ1) is 11.4. The van der Waals surface area contributed by atoms with E-state index < -0.39 is 11.7 Å². The van der Waals surface area contributed by atoms with Crippen LogP contribution in [0.5, 0.6) is 5.75 Å². The van der Waals surface area contributed by atoms with Crippen molar-refractivity contribution in [2.75, 3.05) is 18.1 Å². The van der Waals surface area contributed by atoms with E-state index in [1.807, 2.05) is 18.2 Å². The lowest BCUT2D eigenvalue weighted by Gasteiger charge is -2.20. The Bertz CT molecular complexity index is 772. The van der Waals surface area contributed by atoms with Gasteiger partial charge in [-0.25, -0.2) is 0 Å². The molecule has 24 heavy (non-hydrogen) atoms. The first kappa shape index (κ1) is 16.2. The van der Waals surface area contributed by atoms with Gasteiger partial charge in [-0.05, 0) is 35.2 Å². The topological polar surface area (TPSA) is 46.6 Å². The number of hydrogen-bond donors (Lipinski definition) is 0. The summed E-state index contributed by atoms with van der Waals surface area (Å²) < 4.78 is 5.73. The monoisotopic (exact) mass is 323 g/mol. The van der Waals surface area contributed by atoms with Crippen LogP contribution in [0.25, 0.3) is 0 Å². The molecule has 3 rings (SSSR count). The lowest BCUT2D eigenvalue weighted by atomic mass is 9.87. The van der Waals surface area contributed by atoms with E-state index in [2.05, 4.69) is 32.9 Å². The van der Waals surface area contributed by atoms with Crippen LogP contribution in [-0.2, 0) is 10.2 Å². The Balaban J connectivity index is 1.63. The van der Waals surface area contributed by atoms with E-state index in [9.17, 15) is 9.59 Å². The van der Waals surface area contributed by atoms with Gasteiger partial charge in [0, 0.05) is 0 Å². The minimum Gasteiger partial charge on any atom is -0.492 e. The molecular weight excluding hydrogens is 302 g/mol. The van der Waals surface area contributed by atoms with Gasteiger partial charge in [0.2, 0.25) is 0 Å². The maximum absolute atomic E-state index is 12.1. The highest BCUT2D eigenvalue weighted by atomic mass is 16.5. The summed E-state index contributed by atoms with van der Waals surface area (Å²) in [5.41, 5.74) is 2.48. The molecule has 0 atom stereocenters. The van der Waals surface area contributed by atoms with Gasteiger partial charge in [-0.15, -0.1) is 0 Å². The third-order valence-electron chi connectivity index (χ3n) is 4.18. The highest BCUT2D eigenvalue weighted by Gasteiger charge is 2.35. The fourth-order valence-corrected chi connectivity index (χ4v) is 2.78. The molecule has 0 bridgehead atoms. The van der Waals surface area contributed by atoms with Crippen LogP contribution in [0.4, 0.5) is 5.69 Å². The number of nitrogens with zero attached hydrogens (tertiary/aromatic N) is 1. The molecule has 0 radical (unpaired) electrons. The number of benzene rings is 2. The molecule has 0 spiro atoms. The molecule has 1 aliphatic rings. The van der Waals surface area contributed by atoms with Gasteiger partial charge in [0.05, 0.1) is 17.8 Å². The highest BCUT2D eigenvalue weighted by molar-refractivity contribution is 6.52. The van der Waals surface area contributed by atoms with Gasteiger partial charge in [-0.2, -0.15) is 0 Å². The molecular formula is C20H21NO3. The standard InChI is InChI=1S/C20H21NO3/c1-20(2,3)14-8-10-15(11-9-14)24-13-12-21-17-7-5-4-6-16(17)18(22)19(21)23/h4-11H,12-13H2,1-3H3. The Labute approximate surface area is 142 Å². The minimum absolute atomic E-state index is 0.102. The Morgan fingerprint density at radius 3 is 2.29 bits per heavy atom. The van der Waals surface area contributed by atoms with Crippen LogP contribution in [0, 0.1) is 0 Å². The molecule has 4 heteroatoms. The molecule has 0 unspecified atom stereocenters. The molecule has 124 valence electrons. The van der Waals surface area contributed by atoms with Crippen molar-refractivity contribution in [1.82, 2.24) is 0 Å². The van der Waals surface area contributed by atoms with Gasteiger partial charge in [0.25, 0.3) is 11.7 Å². The Morgan fingerprint density at radius 2 is 1.62 bits per heavy atom. The quantitative estimate of drug-likeness (QED) is 0.808. The predicted octanol–water partition coefficient (Wildman–Crippen LogP) is 3.59. The molecule has 0 saturated carbocycles. The number of rotatable bonds is 4. The summed E-state index contributed by atoms with van der Waals surface area (Å²) in [5, 5.41) is 0. The summed E-state index contributed by atoms with van der Waals surface area (Å²) in [5.74, 6) is -0.169. The lowest BCUT2D eigenvalue weighted by molar-refractivity contribution is -0.114. The Kier molecular flexibility index (Phi) is 4.14. The van der Waals surface area contributed by atoms with Crippen molar-refractivity contribution >= 4 is 17.4 Å². The van der Waals surface area contributed by atoms with E-state index in [0.29, 0.717) is 24.4 Å². The summed E-state index contributed by atoms with van der Waals surface area (Å²) in [6.45, 7) is 7.17. The molecule has 2 aromatic rings. The number of carbonyl (C=O) groups is 2. The second-order valence-corrected chi connectivity index (χ2v) is 6.93. The van der Waals surface area contributed by atoms with Gasteiger partial charge < -0.3 is 9.64 Å². The lowest BCUT2D eigenvalue weighted by Crippen LogP contribution is -2.33. The summed E-state index contributed by atoms with van der Waals surface area (Å²) >= 11 is 0. The third kappa shape index (κ3) is 3.04. The average Bonchev–Trinajstić information content (AvgIpc) is 2.80. The van der Waals surface area contributed by atoms with E-state index in [1.54, 1.807) is 18.2 Å². The molecule has 0 N–H and O–H groups in total. The van der Waals surface area contributed by atoms with Gasteiger partial charge in [-0.3, -0.25) is 9.59 Å². The molecule has 4 nitrogen and oxygen atoms in total. The average molecular weight is 323 g/mol. The smallest absolute Gasteiger partial charge is 0.299 e. The predicted molar refractivity (Wildman–Crippen MR) is 93.8 cm³/mol. The largest absolute Gasteiger partial charge is 0.492 e. The summed E-state index contributed by atoms with van der Waals surface area (Å²) in [4.78, 5) is 25.5. The zero-order valence-corrected chi connectivity index (χ0v) is 14.2. The van der Waals surface area contributed by atoms with Crippen LogP contribution < -0.4 is 9.64 Å². The number of ether oxygens (including phenoxy) is 1. The van der Waals surface area contributed by atoms with Gasteiger partial charge >= 0.3 is 0 Å². The number of amides is 1. The van der Waals surface area contributed by atoms with Crippen LogP contribution in [0.1, 0.15) is 36.7 Å². The maximum atomic E-state index is 12.1. The van der Waals surface area contributed by atoms with Gasteiger partial charge in [0.15, 0.2) is 0 Å². The van der Waals surface area contributed by atoms with Crippen molar-refractivity contribution in [2.45, 2.75) is 26.2 Å². The number of hydrogen-bond acceptors (Lipinski definition) is 3. The molecule has 2 aromatic carbocycles. The van der Waals surface area contributed by atoms with Gasteiger partial charge in [0.1, 0.15) is 12.4 Å².